The van der Waals surface area contributed by atoms with Crippen molar-refractivity contribution in [3.05, 3.63) is 35.9 Å². The maximum absolute atomic E-state index is 12.2. The second-order valence-electron chi connectivity index (χ2n) is 5.42. The number of piperidine rings is 1. The minimum Gasteiger partial charge on any atom is -0.411 e. The van der Waals surface area contributed by atoms with Gasteiger partial charge in [-0.1, -0.05) is 42.4 Å². The monoisotopic (exact) mass is 274 g/mol. The maximum Gasteiger partial charge on any atom is 0.222 e. The third-order valence-corrected chi connectivity index (χ3v) is 3.88. The number of oxime groups is 1. The first-order chi connectivity index (χ1) is 9.70. The molecule has 0 saturated carbocycles. The first-order valence-electron chi connectivity index (χ1n) is 7.23. The highest BCUT2D eigenvalue weighted by Gasteiger charge is 2.25. The minimum absolute atomic E-state index is 0.159. The van der Waals surface area contributed by atoms with E-state index in [4.69, 9.17) is 5.21 Å². The number of hydrogen-bond donors (Lipinski definition) is 1. The molecule has 1 N–H and O–H groups in total. The lowest BCUT2D eigenvalue weighted by atomic mass is 9.97. The highest BCUT2D eigenvalue weighted by Crippen LogP contribution is 2.15. The summed E-state index contributed by atoms with van der Waals surface area (Å²) in [5.41, 5.74) is 2.08. The van der Waals surface area contributed by atoms with Gasteiger partial charge in [-0.05, 0) is 18.4 Å². The van der Waals surface area contributed by atoms with E-state index in [1.165, 1.54) is 5.56 Å². The molecular formula is C16H22N2O2. The summed E-state index contributed by atoms with van der Waals surface area (Å²) in [5.74, 6) is 0.372. The smallest absolute Gasteiger partial charge is 0.222 e. The van der Waals surface area contributed by atoms with Crippen molar-refractivity contribution < 1.29 is 10.0 Å². The van der Waals surface area contributed by atoms with Crippen molar-refractivity contribution in [2.24, 2.45) is 11.1 Å². The lowest BCUT2D eigenvalue weighted by molar-refractivity contribution is -0.131. The van der Waals surface area contributed by atoms with E-state index in [1.807, 2.05) is 30.0 Å². The summed E-state index contributed by atoms with van der Waals surface area (Å²) in [6, 6.07) is 10.2. The van der Waals surface area contributed by atoms with Gasteiger partial charge in [0.25, 0.3) is 0 Å². The van der Waals surface area contributed by atoms with Gasteiger partial charge >= 0.3 is 0 Å². The number of rotatable bonds is 4. The fraction of sp³-hybridized carbons (Fsp3) is 0.500. The largest absolute Gasteiger partial charge is 0.411 e. The molecule has 20 heavy (non-hydrogen) atoms. The molecule has 0 aromatic heterocycles. The van der Waals surface area contributed by atoms with Gasteiger partial charge in [-0.25, -0.2) is 0 Å². The average Bonchev–Trinajstić information content (AvgIpc) is 2.48. The predicted molar refractivity (Wildman–Crippen MR) is 79.0 cm³/mol. The predicted octanol–water partition coefficient (Wildman–Crippen LogP) is 2.71. The third kappa shape index (κ3) is 3.83. The lowest BCUT2D eigenvalue weighted by Gasteiger charge is -2.31. The Morgan fingerprint density at radius 1 is 1.40 bits per heavy atom. The van der Waals surface area contributed by atoms with Crippen molar-refractivity contribution >= 4 is 11.6 Å². The molecule has 1 atom stereocenters. The normalized spacial score (nSPS) is 21.1. The summed E-state index contributed by atoms with van der Waals surface area (Å²) >= 11 is 0. The molecule has 0 radical (unpaired) electrons. The molecule has 1 aliphatic rings. The molecule has 0 bridgehead atoms. The second kappa shape index (κ2) is 7.08. The van der Waals surface area contributed by atoms with Crippen LogP contribution in [0.15, 0.2) is 35.5 Å². The van der Waals surface area contributed by atoms with Crippen molar-refractivity contribution in [3.63, 3.8) is 0 Å². The van der Waals surface area contributed by atoms with E-state index in [0.29, 0.717) is 25.9 Å². The summed E-state index contributed by atoms with van der Waals surface area (Å²) < 4.78 is 0. The highest BCUT2D eigenvalue weighted by molar-refractivity contribution is 5.89. The van der Waals surface area contributed by atoms with Crippen LogP contribution in [0.3, 0.4) is 0 Å². The Balaban J connectivity index is 1.75. The molecule has 1 saturated heterocycles. The molecule has 0 aliphatic carbocycles. The van der Waals surface area contributed by atoms with Crippen molar-refractivity contribution in [2.75, 3.05) is 13.1 Å². The first-order valence-corrected chi connectivity index (χ1v) is 7.23. The number of aryl methyl sites for hydroxylation is 1. The van der Waals surface area contributed by atoms with E-state index in [-0.39, 0.29) is 11.8 Å². The van der Waals surface area contributed by atoms with E-state index in [1.54, 1.807) is 0 Å². The molecule has 1 aliphatic heterocycles. The third-order valence-electron chi connectivity index (χ3n) is 3.88. The van der Waals surface area contributed by atoms with Crippen LogP contribution >= 0.6 is 0 Å². The Bertz CT molecular complexity index is 471. The van der Waals surface area contributed by atoms with Gasteiger partial charge < -0.3 is 10.1 Å². The van der Waals surface area contributed by atoms with Crippen LogP contribution in [0.1, 0.15) is 31.7 Å². The van der Waals surface area contributed by atoms with Gasteiger partial charge in [0.1, 0.15) is 0 Å². The zero-order valence-electron chi connectivity index (χ0n) is 12.0. The van der Waals surface area contributed by atoms with Crippen LogP contribution in [0.25, 0.3) is 0 Å². The fourth-order valence-corrected chi connectivity index (χ4v) is 2.64. The molecular weight excluding hydrogens is 252 g/mol. The highest BCUT2D eigenvalue weighted by atomic mass is 16.4. The van der Waals surface area contributed by atoms with E-state index in [2.05, 4.69) is 17.3 Å². The average molecular weight is 274 g/mol. The quantitative estimate of drug-likeness (QED) is 0.678. The molecule has 4 nitrogen and oxygen atoms in total. The zero-order valence-corrected chi connectivity index (χ0v) is 12.0. The molecule has 1 heterocycles. The van der Waals surface area contributed by atoms with Gasteiger partial charge in [0.05, 0.1) is 5.71 Å². The Kier molecular flexibility index (Phi) is 5.16. The number of carbonyl (C=O) groups is 1. The minimum atomic E-state index is 0.159. The van der Waals surface area contributed by atoms with Gasteiger partial charge in [0, 0.05) is 31.8 Å². The summed E-state index contributed by atoms with van der Waals surface area (Å²) in [6.07, 6.45) is 3.10. The zero-order chi connectivity index (χ0) is 14.4. The number of benzene rings is 1. The van der Waals surface area contributed by atoms with Crippen LogP contribution in [0.4, 0.5) is 0 Å². The number of amides is 1. The Labute approximate surface area is 120 Å². The van der Waals surface area contributed by atoms with Crippen LogP contribution < -0.4 is 0 Å². The van der Waals surface area contributed by atoms with Crippen LogP contribution in [-0.2, 0) is 11.2 Å². The SMILES string of the molecule is CC1CN(C(=O)CCCc2ccccc2)CC/C1=N\O. The summed E-state index contributed by atoms with van der Waals surface area (Å²) in [7, 11) is 0. The number of likely N-dealkylation sites (tertiary alicyclic amines) is 1. The lowest BCUT2D eigenvalue weighted by Crippen LogP contribution is -2.43. The molecule has 2 rings (SSSR count). The summed E-state index contributed by atoms with van der Waals surface area (Å²) in [5, 5.41) is 12.1. The van der Waals surface area contributed by atoms with Crippen LogP contribution in [0.5, 0.6) is 0 Å². The van der Waals surface area contributed by atoms with Crippen molar-refractivity contribution in [3.8, 4) is 0 Å². The summed E-state index contributed by atoms with van der Waals surface area (Å²) in [4.78, 5) is 14.0. The van der Waals surface area contributed by atoms with Crippen LogP contribution in [-0.4, -0.2) is 34.8 Å². The van der Waals surface area contributed by atoms with Crippen LogP contribution in [0.2, 0.25) is 0 Å². The first kappa shape index (κ1) is 14.6. The Hall–Kier alpha value is -1.84. The number of nitrogens with zero attached hydrogens (tertiary/aromatic N) is 2. The van der Waals surface area contributed by atoms with Crippen molar-refractivity contribution in [1.29, 1.82) is 0 Å². The Morgan fingerprint density at radius 3 is 2.80 bits per heavy atom. The molecule has 1 amide bonds. The topological polar surface area (TPSA) is 52.9 Å². The van der Waals surface area contributed by atoms with Crippen molar-refractivity contribution in [1.82, 2.24) is 4.90 Å². The Morgan fingerprint density at radius 2 is 2.15 bits per heavy atom. The molecule has 108 valence electrons. The summed E-state index contributed by atoms with van der Waals surface area (Å²) in [6.45, 7) is 3.34. The maximum atomic E-state index is 12.2. The van der Waals surface area contributed by atoms with Gasteiger partial charge in [0.15, 0.2) is 0 Å². The standard InChI is InChI=1S/C16H22N2O2/c1-13-12-18(11-10-15(13)17-20)16(19)9-5-8-14-6-3-2-4-7-14/h2-4,6-7,13,20H,5,8-12H2,1H3/b17-15+. The van der Waals surface area contributed by atoms with E-state index >= 15 is 0 Å². The van der Waals surface area contributed by atoms with Crippen molar-refractivity contribution in [2.45, 2.75) is 32.6 Å². The second-order valence-corrected chi connectivity index (χ2v) is 5.42. The van der Waals surface area contributed by atoms with Gasteiger partial charge in [-0.3, -0.25) is 4.79 Å². The van der Waals surface area contributed by atoms with Crippen LogP contribution in [0, 0.1) is 5.92 Å². The van der Waals surface area contributed by atoms with E-state index < -0.39 is 0 Å². The molecule has 1 aromatic rings. The van der Waals surface area contributed by atoms with Gasteiger partial charge in [-0.2, -0.15) is 0 Å². The molecule has 4 heteroatoms. The van der Waals surface area contributed by atoms with E-state index in [0.717, 1.165) is 18.6 Å². The molecule has 1 fully saturated rings. The fourth-order valence-electron chi connectivity index (χ4n) is 2.64. The number of carbonyl (C=O) groups excluding carboxylic acids is 1. The number of hydrogen-bond acceptors (Lipinski definition) is 3. The molecule has 1 aromatic carbocycles. The molecule has 1 unspecified atom stereocenters. The molecule has 0 spiro atoms. The van der Waals surface area contributed by atoms with Gasteiger partial charge in [-0.15, -0.1) is 0 Å². The van der Waals surface area contributed by atoms with Gasteiger partial charge in [0.2, 0.25) is 5.91 Å². The van der Waals surface area contributed by atoms with E-state index in [9.17, 15) is 4.79 Å².